The van der Waals surface area contributed by atoms with E-state index in [1.54, 1.807) is 0 Å². The summed E-state index contributed by atoms with van der Waals surface area (Å²) in [6, 6.07) is 4.51. The number of nitrogens with zero attached hydrogens (tertiary/aromatic N) is 2. The van der Waals surface area contributed by atoms with Crippen LogP contribution < -0.4 is 5.73 Å². The Morgan fingerprint density at radius 3 is 2.73 bits per heavy atom. The molecule has 0 unspecified atom stereocenters. The molecule has 4 heteroatoms. The molecule has 1 aliphatic rings. The predicted molar refractivity (Wildman–Crippen MR) is 64.4 cm³/mol. The van der Waals surface area contributed by atoms with Gasteiger partial charge in [0.2, 0.25) is 0 Å². The van der Waals surface area contributed by atoms with E-state index in [4.69, 9.17) is 5.73 Å². The van der Waals surface area contributed by atoms with Crippen LogP contribution in [-0.4, -0.2) is 29.0 Å². The van der Waals surface area contributed by atoms with Gasteiger partial charge >= 0.3 is 0 Å². The monoisotopic (exact) mass is 269 g/mol. The van der Waals surface area contributed by atoms with E-state index in [-0.39, 0.29) is 0 Å². The van der Waals surface area contributed by atoms with Crippen molar-refractivity contribution in [1.29, 1.82) is 0 Å². The summed E-state index contributed by atoms with van der Waals surface area (Å²) in [7, 11) is 0. The van der Waals surface area contributed by atoms with Gasteiger partial charge in [-0.05, 0) is 53.5 Å². The van der Waals surface area contributed by atoms with Gasteiger partial charge in [0.1, 0.15) is 4.60 Å². The molecule has 0 bridgehead atoms. The Morgan fingerprint density at radius 2 is 2.13 bits per heavy atom. The van der Waals surface area contributed by atoms with Crippen molar-refractivity contribution in [3.05, 3.63) is 28.5 Å². The lowest BCUT2D eigenvalue weighted by Crippen LogP contribution is -2.39. The molecule has 2 heterocycles. The SMILES string of the molecule is NC1CCN(Cc2ccc(Br)nc2)CC1. The summed E-state index contributed by atoms with van der Waals surface area (Å²) in [5, 5.41) is 0. The fourth-order valence-electron chi connectivity index (χ4n) is 1.87. The minimum absolute atomic E-state index is 0.407. The normalized spacial score (nSPS) is 19.3. The highest BCUT2D eigenvalue weighted by Crippen LogP contribution is 2.13. The van der Waals surface area contributed by atoms with Gasteiger partial charge in [-0.15, -0.1) is 0 Å². The molecule has 82 valence electrons. The van der Waals surface area contributed by atoms with Crippen LogP contribution in [0, 0.1) is 0 Å². The first-order valence-electron chi connectivity index (χ1n) is 5.32. The third-order valence-electron chi connectivity index (χ3n) is 2.83. The topological polar surface area (TPSA) is 42.1 Å². The molecule has 0 spiro atoms. The summed E-state index contributed by atoms with van der Waals surface area (Å²) in [6.07, 6.45) is 4.16. The molecule has 0 radical (unpaired) electrons. The summed E-state index contributed by atoms with van der Waals surface area (Å²) in [6.45, 7) is 3.21. The Balaban J connectivity index is 1.89. The van der Waals surface area contributed by atoms with Crippen molar-refractivity contribution in [2.24, 2.45) is 5.73 Å². The molecule has 0 amide bonds. The highest BCUT2D eigenvalue weighted by Gasteiger charge is 2.15. The molecule has 2 rings (SSSR count). The van der Waals surface area contributed by atoms with Crippen LogP contribution in [0.25, 0.3) is 0 Å². The Bertz CT molecular complexity index is 304. The Kier molecular flexibility index (Phi) is 3.72. The van der Waals surface area contributed by atoms with Crippen LogP contribution in [0.1, 0.15) is 18.4 Å². The van der Waals surface area contributed by atoms with Gasteiger partial charge in [0, 0.05) is 18.8 Å². The lowest BCUT2D eigenvalue weighted by Gasteiger charge is -2.29. The number of pyridine rings is 1. The number of rotatable bonds is 2. The van der Waals surface area contributed by atoms with Gasteiger partial charge in [-0.1, -0.05) is 6.07 Å². The predicted octanol–water partition coefficient (Wildman–Crippen LogP) is 1.77. The van der Waals surface area contributed by atoms with E-state index in [1.165, 1.54) is 5.56 Å². The Morgan fingerprint density at radius 1 is 1.40 bits per heavy atom. The van der Waals surface area contributed by atoms with E-state index in [2.05, 4.69) is 31.9 Å². The largest absolute Gasteiger partial charge is 0.328 e. The van der Waals surface area contributed by atoms with Crippen LogP contribution in [0.2, 0.25) is 0 Å². The number of piperidine rings is 1. The number of aromatic nitrogens is 1. The zero-order valence-electron chi connectivity index (χ0n) is 8.69. The smallest absolute Gasteiger partial charge is 0.106 e. The minimum Gasteiger partial charge on any atom is -0.328 e. The maximum Gasteiger partial charge on any atom is 0.106 e. The summed E-state index contributed by atoms with van der Waals surface area (Å²) in [4.78, 5) is 6.66. The van der Waals surface area contributed by atoms with E-state index in [0.717, 1.165) is 37.1 Å². The summed E-state index contributed by atoms with van der Waals surface area (Å²) >= 11 is 3.34. The van der Waals surface area contributed by atoms with E-state index in [9.17, 15) is 0 Å². The molecule has 0 aliphatic carbocycles. The quantitative estimate of drug-likeness (QED) is 0.833. The van der Waals surface area contributed by atoms with Gasteiger partial charge in [-0.3, -0.25) is 4.90 Å². The molecule has 2 N–H and O–H groups in total. The second kappa shape index (κ2) is 5.05. The van der Waals surface area contributed by atoms with Crippen LogP contribution in [-0.2, 0) is 6.54 Å². The van der Waals surface area contributed by atoms with Crippen LogP contribution >= 0.6 is 15.9 Å². The van der Waals surface area contributed by atoms with E-state index in [0.29, 0.717) is 6.04 Å². The molecule has 1 aromatic heterocycles. The van der Waals surface area contributed by atoms with Crippen molar-refractivity contribution in [2.75, 3.05) is 13.1 Å². The van der Waals surface area contributed by atoms with Crippen molar-refractivity contribution < 1.29 is 0 Å². The zero-order valence-corrected chi connectivity index (χ0v) is 10.3. The first kappa shape index (κ1) is 11.0. The standard InChI is InChI=1S/C11H16BrN3/c12-11-2-1-9(7-14-11)8-15-5-3-10(13)4-6-15/h1-2,7,10H,3-6,8,13H2. The second-order valence-corrected chi connectivity index (χ2v) is 4.92. The lowest BCUT2D eigenvalue weighted by atomic mass is 10.1. The minimum atomic E-state index is 0.407. The van der Waals surface area contributed by atoms with E-state index < -0.39 is 0 Å². The molecule has 1 aliphatic heterocycles. The van der Waals surface area contributed by atoms with Crippen molar-refractivity contribution in [3.63, 3.8) is 0 Å². The van der Waals surface area contributed by atoms with Crippen molar-refractivity contribution in [2.45, 2.75) is 25.4 Å². The van der Waals surface area contributed by atoms with Crippen LogP contribution in [0.4, 0.5) is 0 Å². The third kappa shape index (κ3) is 3.26. The molecule has 3 nitrogen and oxygen atoms in total. The van der Waals surface area contributed by atoms with Crippen molar-refractivity contribution in [1.82, 2.24) is 9.88 Å². The second-order valence-electron chi connectivity index (χ2n) is 4.10. The van der Waals surface area contributed by atoms with Crippen molar-refractivity contribution in [3.8, 4) is 0 Å². The number of hydrogen-bond acceptors (Lipinski definition) is 3. The third-order valence-corrected chi connectivity index (χ3v) is 3.30. The summed E-state index contributed by atoms with van der Waals surface area (Å²) in [5.41, 5.74) is 7.14. The highest BCUT2D eigenvalue weighted by atomic mass is 79.9. The number of likely N-dealkylation sites (tertiary alicyclic amines) is 1. The van der Waals surface area contributed by atoms with Gasteiger partial charge in [-0.2, -0.15) is 0 Å². The molecule has 1 saturated heterocycles. The van der Waals surface area contributed by atoms with E-state index >= 15 is 0 Å². The maximum absolute atomic E-state index is 5.86. The number of halogens is 1. The summed E-state index contributed by atoms with van der Waals surface area (Å²) in [5.74, 6) is 0. The molecule has 1 aromatic rings. The molecule has 15 heavy (non-hydrogen) atoms. The Hall–Kier alpha value is -0.450. The first-order chi connectivity index (χ1) is 7.24. The number of nitrogens with two attached hydrogens (primary N) is 1. The molecule has 1 fully saturated rings. The zero-order chi connectivity index (χ0) is 10.7. The fraction of sp³-hybridized carbons (Fsp3) is 0.545. The van der Waals surface area contributed by atoms with Crippen LogP contribution in [0.5, 0.6) is 0 Å². The highest BCUT2D eigenvalue weighted by molar-refractivity contribution is 9.10. The van der Waals surface area contributed by atoms with Gasteiger partial charge in [-0.25, -0.2) is 4.98 Å². The molecule has 0 aromatic carbocycles. The summed E-state index contributed by atoms with van der Waals surface area (Å²) < 4.78 is 0.895. The lowest BCUT2D eigenvalue weighted by molar-refractivity contribution is 0.205. The molecular formula is C11H16BrN3. The Labute approximate surface area is 98.8 Å². The van der Waals surface area contributed by atoms with Crippen LogP contribution in [0.15, 0.2) is 22.9 Å². The average molecular weight is 270 g/mol. The fourth-order valence-corrected chi connectivity index (χ4v) is 2.10. The number of hydrogen-bond donors (Lipinski definition) is 1. The van der Waals surface area contributed by atoms with Crippen LogP contribution in [0.3, 0.4) is 0 Å². The van der Waals surface area contributed by atoms with Gasteiger partial charge in [0.05, 0.1) is 0 Å². The van der Waals surface area contributed by atoms with E-state index in [1.807, 2.05) is 12.3 Å². The molecule has 0 atom stereocenters. The molecule has 0 saturated carbocycles. The first-order valence-corrected chi connectivity index (χ1v) is 6.12. The van der Waals surface area contributed by atoms with Gasteiger partial charge in [0.15, 0.2) is 0 Å². The average Bonchev–Trinajstić information content (AvgIpc) is 2.25. The van der Waals surface area contributed by atoms with Gasteiger partial charge in [0.25, 0.3) is 0 Å². The van der Waals surface area contributed by atoms with Gasteiger partial charge < -0.3 is 5.73 Å². The van der Waals surface area contributed by atoms with Crippen molar-refractivity contribution >= 4 is 15.9 Å². The molecular weight excluding hydrogens is 254 g/mol. The maximum atomic E-state index is 5.86.